The van der Waals surface area contributed by atoms with E-state index in [1.807, 2.05) is 48.5 Å². The van der Waals surface area contributed by atoms with E-state index in [1.165, 1.54) is 24.3 Å². The normalized spacial score (nSPS) is 10.7. The van der Waals surface area contributed by atoms with E-state index in [-0.39, 0.29) is 11.6 Å². The number of carbonyl (C=O) groups excluding carboxylic acids is 1. The largest absolute Gasteiger partial charge is 0.306 e. The van der Waals surface area contributed by atoms with E-state index in [0.717, 1.165) is 16.8 Å². The molecule has 0 atom stereocenters. The minimum atomic E-state index is -0.381. The second kappa shape index (κ2) is 7.17. The lowest BCUT2D eigenvalue weighted by molar-refractivity contribution is 0.103. The van der Waals surface area contributed by atoms with Crippen LogP contribution in [0.2, 0.25) is 5.02 Å². The van der Waals surface area contributed by atoms with Crippen LogP contribution in [-0.2, 0) is 0 Å². The number of ketones is 1. The number of aromatic nitrogens is 2. The molecule has 1 aromatic heterocycles. The van der Waals surface area contributed by atoms with Crippen molar-refractivity contribution in [1.29, 1.82) is 0 Å². The van der Waals surface area contributed by atoms with E-state index >= 15 is 0 Å². The molecule has 1 heterocycles. The fraction of sp³-hybridized carbons (Fsp3) is 0. The summed E-state index contributed by atoms with van der Waals surface area (Å²) in [6, 6.07) is 20.9. The van der Waals surface area contributed by atoms with Gasteiger partial charge in [-0.1, -0.05) is 41.9 Å². The number of hydrogen-bond acceptors (Lipinski definition) is 2. The Morgan fingerprint density at radius 1 is 0.963 bits per heavy atom. The van der Waals surface area contributed by atoms with Crippen LogP contribution >= 0.6 is 11.6 Å². The first-order valence-electron chi connectivity index (χ1n) is 8.31. The zero-order chi connectivity index (χ0) is 18.8. The van der Waals surface area contributed by atoms with Crippen molar-refractivity contribution in [2.24, 2.45) is 0 Å². The van der Waals surface area contributed by atoms with Crippen LogP contribution < -0.4 is 0 Å². The fourth-order valence-electron chi connectivity index (χ4n) is 2.86. The molecule has 3 nitrogen and oxygen atoms in total. The SMILES string of the molecule is O=C(c1ccc(F)cc1)c1cn(-c2cccc(-c3ccccc3Cl)c2)cn1. The highest BCUT2D eigenvalue weighted by Gasteiger charge is 2.13. The predicted octanol–water partition coefficient (Wildman–Crippen LogP) is 5.56. The highest BCUT2D eigenvalue weighted by atomic mass is 35.5. The predicted molar refractivity (Wildman–Crippen MR) is 104 cm³/mol. The van der Waals surface area contributed by atoms with Crippen LogP contribution in [0.1, 0.15) is 16.1 Å². The summed E-state index contributed by atoms with van der Waals surface area (Å²) >= 11 is 6.29. The number of nitrogens with zero attached hydrogens (tertiary/aromatic N) is 2. The minimum Gasteiger partial charge on any atom is -0.306 e. The third kappa shape index (κ3) is 3.52. The summed E-state index contributed by atoms with van der Waals surface area (Å²) in [4.78, 5) is 16.7. The summed E-state index contributed by atoms with van der Waals surface area (Å²) in [6.45, 7) is 0. The van der Waals surface area contributed by atoms with Gasteiger partial charge in [0.05, 0.1) is 0 Å². The Kier molecular flexibility index (Phi) is 4.57. The topological polar surface area (TPSA) is 34.9 Å². The zero-order valence-corrected chi connectivity index (χ0v) is 14.9. The second-order valence-electron chi connectivity index (χ2n) is 6.03. The number of carbonyl (C=O) groups is 1. The van der Waals surface area contributed by atoms with Crippen LogP contribution in [0.5, 0.6) is 0 Å². The molecule has 4 aromatic rings. The van der Waals surface area contributed by atoms with Gasteiger partial charge in [-0.2, -0.15) is 0 Å². The van der Waals surface area contributed by atoms with Gasteiger partial charge in [-0.15, -0.1) is 0 Å². The average Bonchev–Trinajstić information content (AvgIpc) is 3.19. The van der Waals surface area contributed by atoms with Gasteiger partial charge in [-0.25, -0.2) is 9.37 Å². The van der Waals surface area contributed by atoms with Crippen LogP contribution in [0.25, 0.3) is 16.8 Å². The number of halogens is 2. The van der Waals surface area contributed by atoms with Crippen molar-refractivity contribution in [2.45, 2.75) is 0 Å². The lowest BCUT2D eigenvalue weighted by Gasteiger charge is -2.07. The molecule has 0 radical (unpaired) electrons. The molecule has 27 heavy (non-hydrogen) atoms. The second-order valence-corrected chi connectivity index (χ2v) is 6.44. The van der Waals surface area contributed by atoms with Gasteiger partial charge >= 0.3 is 0 Å². The molecule has 0 bridgehead atoms. The number of benzene rings is 3. The molecule has 132 valence electrons. The smallest absolute Gasteiger partial charge is 0.212 e. The molecule has 0 N–H and O–H groups in total. The molecule has 0 aliphatic rings. The summed E-state index contributed by atoms with van der Waals surface area (Å²) < 4.78 is 14.8. The Balaban J connectivity index is 1.66. The molecule has 0 unspecified atom stereocenters. The third-order valence-corrected chi connectivity index (χ3v) is 4.58. The zero-order valence-electron chi connectivity index (χ0n) is 14.1. The van der Waals surface area contributed by atoms with E-state index in [0.29, 0.717) is 16.3 Å². The molecule has 3 aromatic carbocycles. The van der Waals surface area contributed by atoms with E-state index < -0.39 is 0 Å². The van der Waals surface area contributed by atoms with Crippen molar-refractivity contribution < 1.29 is 9.18 Å². The summed E-state index contributed by atoms with van der Waals surface area (Å²) in [5, 5.41) is 0.674. The molecule has 0 fully saturated rings. The van der Waals surface area contributed by atoms with Crippen LogP contribution in [0.15, 0.2) is 85.3 Å². The van der Waals surface area contributed by atoms with Crippen LogP contribution in [0.4, 0.5) is 4.39 Å². The molecule has 0 aliphatic carbocycles. The van der Waals surface area contributed by atoms with E-state index in [9.17, 15) is 9.18 Å². The fourth-order valence-corrected chi connectivity index (χ4v) is 3.10. The van der Waals surface area contributed by atoms with Gasteiger partial charge in [0.15, 0.2) is 0 Å². The average molecular weight is 377 g/mol. The summed E-state index contributed by atoms with van der Waals surface area (Å²) in [7, 11) is 0. The van der Waals surface area contributed by atoms with Gasteiger partial charge in [-0.3, -0.25) is 4.79 Å². The van der Waals surface area contributed by atoms with Crippen LogP contribution in [-0.4, -0.2) is 15.3 Å². The molecular formula is C22H14ClFN2O. The van der Waals surface area contributed by atoms with Gasteiger partial charge in [0.1, 0.15) is 17.8 Å². The van der Waals surface area contributed by atoms with E-state index in [1.54, 1.807) is 17.1 Å². The van der Waals surface area contributed by atoms with Gasteiger partial charge in [0.25, 0.3) is 0 Å². The molecule has 4 rings (SSSR count). The minimum absolute atomic E-state index is 0.254. The summed E-state index contributed by atoms with van der Waals surface area (Å²) in [5.74, 6) is -0.635. The molecule has 5 heteroatoms. The van der Waals surface area contributed by atoms with Crippen molar-refractivity contribution in [3.8, 4) is 16.8 Å². The van der Waals surface area contributed by atoms with Gasteiger partial charge < -0.3 is 4.57 Å². The van der Waals surface area contributed by atoms with Crippen molar-refractivity contribution in [3.63, 3.8) is 0 Å². The quantitative estimate of drug-likeness (QED) is 0.437. The summed E-state index contributed by atoms with van der Waals surface area (Å²) in [6.07, 6.45) is 3.25. The highest BCUT2D eigenvalue weighted by molar-refractivity contribution is 6.33. The Morgan fingerprint density at radius 2 is 1.74 bits per heavy atom. The van der Waals surface area contributed by atoms with Gasteiger partial charge in [0, 0.05) is 28.0 Å². The first-order chi connectivity index (χ1) is 13.1. The Labute approximate surface area is 160 Å². The van der Waals surface area contributed by atoms with Crippen LogP contribution in [0.3, 0.4) is 0 Å². The Bertz CT molecular complexity index is 1120. The molecule has 0 saturated heterocycles. The standard InChI is InChI=1S/C22H14ClFN2O/c23-20-7-2-1-6-19(20)16-4-3-5-18(12-16)26-13-21(25-14-26)22(27)15-8-10-17(24)11-9-15/h1-14H. The summed E-state index contributed by atoms with van der Waals surface area (Å²) in [5.41, 5.74) is 3.45. The van der Waals surface area contributed by atoms with Crippen molar-refractivity contribution in [2.75, 3.05) is 0 Å². The lowest BCUT2D eigenvalue weighted by atomic mass is 10.1. The lowest BCUT2D eigenvalue weighted by Crippen LogP contribution is -2.01. The van der Waals surface area contributed by atoms with Crippen LogP contribution in [0, 0.1) is 5.82 Å². The maximum absolute atomic E-state index is 13.0. The molecule has 0 spiro atoms. The maximum atomic E-state index is 13.0. The van der Waals surface area contributed by atoms with Crippen molar-refractivity contribution >= 4 is 17.4 Å². The molecular weight excluding hydrogens is 363 g/mol. The molecule has 0 saturated carbocycles. The van der Waals surface area contributed by atoms with Crippen molar-refractivity contribution in [3.05, 3.63) is 107 Å². The van der Waals surface area contributed by atoms with Gasteiger partial charge in [0.2, 0.25) is 5.78 Å². The van der Waals surface area contributed by atoms with Crippen molar-refractivity contribution in [1.82, 2.24) is 9.55 Å². The third-order valence-electron chi connectivity index (χ3n) is 4.25. The monoisotopic (exact) mass is 376 g/mol. The van der Waals surface area contributed by atoms with Gasteiger partial charge in [-0.05, 0) is 48.0 Å². The first kappa shape index (κ1) is 17.2. The molecule has 0 amide bonds. The Hall–Kier alpha value is -3.24. The first-order valence-corrected chi connectivity index (χ1v) is 8.69. The highest BCUT2D eigenvalue weighted by Crippen LogP contribution is 2.28. The molecule has 0 aliphatic heterocycles. The number of hydrogen-bond donors (Lipinski definition) is 0. The van der Waals surface area contributed by atoms with E-state index in [4.69, 9.17) is 11.6 Å². The number of imidazole rings is 1. The Morgan fingerprint density at radius 3 is 2.52 bits per heavy atom. The van der Waals surface area contributed by atoms with E-state index in [2.05, 4.69) is 4.98 Å². The number of rotatable bonds is 4. The maximum Gasteiger partial charge on any atom is 0.212 e.